The highest BCUT2D eigenvalue weighted by molar-refractivity contribution is 7.93. The summed E-state index contributed by atoms with van der Waals surface area (Å²) in [5, 5.41) is 2.73. The summed E-state index contributed by atoms with van der Waals surface area (Å²) in [5.74, 6) is -0.420. The molecule has 0 saturated heterocycles. The fraction of sp³-hybridized carbons (Fsp3) is 0.333. The molecule has 0 aromatic rings. The number of hydrogen-bond acceptors (Lipinski definition) is 4. The lowest BCUT2D eigenvalue weighted by molar-refractivity contribution is -0.117. The van der Waals surface area contributed by atoms with Crippen molar-refractivity contribution in [3.05, 3.63) is 45.3 Å². The van der Waals surface area contributed by atoms with E-state index in [-0.39, 0.29) is 5.70 Å². The fourth-order valence-electron chi connectivity index (χ4n) is 2.87. The van der Waals surface area contributed by atoms with Crippen LogP contribution in [0.15, 0.2) is 50.3 Å². The van der Waals surface area contributed by atoms with Crippen molar-refractivity contribution in [2.45, 2.75) is 26.7 Å². The molecule has 1 N–H and O–H groups in total. The molecule has 0 bridgehead atoms. The largest absolute Gasteiger partial charge is 0.322 e. The number of hydrogen-bond donors (Lipinski definition) is 1. The normalized spacial score (nSPS) is 22.8. The molecule has 0 aromatic carbocycles. The van der Waals surface area contributed by atoms with Crippen LogP contribution in [0, 0.1) is 0 Å². The van der Waals surface area contributed by atoms with E-state index in [0.29, 0.717) is 29.0 Å². The smallest absolute Gasteiger partial charge is 0.273 e. The van der Waals surface area contributed by atoms with Gasteiger partial charge in [0, 0.05) is 31.6 Å². The van der Waals surface area contributed by atoms with Crippen molar-refractivity contribution in [1.82, 2.24) is 9.62 Å². The summed E-state index contributed by atoms with van der Waals surface area (Å²) >= 11 is 0. The number of likely N-dealkylation sites (N-methyl/N-ethyl adjacent to an activating group) is 1. The summed E-state index contributed by atoms with van der Waals surface area (Å²) in [6.07, 6.45) is 6.05. The number of rotatable bonds is 2. The average molecular weight is 319 g/mol. The third-order valence-electron chi connectivity index (χ3n) is 4.03. The molecule has 7 heteroatoms. The van der Waals surface area contributed by atoms with Gasteiger partial charge in [0.25, 0.3) is 15.9 Å². The number of nitrogens with one attached hydrogen (secondary N) is 1. The van der Waals surface area contributed by atoms with Gasteiger partial charge in [0.1, 0.15) is 5.70 Å². The third kappa shape index (κ3) is 2.12. The Hall–Kier alpha value is -2.15. The first-order valence-electron chi connectivity index (χ1n) is 6.95. The number of sulfonamides is 1. The number of carbonyl (C=O) groups excluding carboxylic acids is 1. The number of allylic oxidation sites excluding steroid dienone is 5. The van der Waals surface area contributed by atoms with Gasteiger partial charge < -0.3 is 5.32 Å². The van der Waals surface area contributed by atoms with E-state index in [0.717, 1.165) is 15.5 Å². The maximum absolute atomic E-state index is 12.6. The number of aliphatic imine (C=N–C) groups is 1. The van der Waals surface area contributed by atoms with Gasteiger partial charge in [0.2, 0.25) is 0 Å². The lowest BCUT2D eigenvalue weighted by Crippen LogP contribution is -2.39. The summed E-state index contributed by atoms with van der Waals surface area (Å²) in [5.41, 5.74) is 3.25. The second-order valence-corrected chi connectivity index (χ2v) is 7.54. The van der Waals surface area contributed by atoms with E-state index in [9.17, 15) is 13.2 Å². The summed E-state index contributed by atoms with van der Waals surface area (Å²) in [4.78, 5) is 16.8. The van der Waals surface area contributed by atoms with Crippen LogP contribution in [0.25, 0.3) is 0 Å². The third-order valence-corrected chi connectivity index (χ3v) is 5.85. The van der Waals surface area contributed by atoms with Crippen molar-refractivity contribution in [2.75, 3.05) is 7.05 Å². The molecule has 2 aliphatic heterocycles. The quantitative estimate of drug-likeness (QED) is 0.839. The maximum atomic E-state index is 12.6. The van der Waals surface area contributed by atoms with Gasteiger partial charge in [-0.1, -0.05) is 5.57 Å². The first-order chi connectivity index (χ1) is 10.3. The van der Waals surface area contributed by atoms with Gasteiger partial charge in [-0.05, 0) is 37.5 Å². The van der Waals surface area contributed by atoms with Gasteiger partial charge in [-0.15, -0.1) is 0 Å². The predicted molar refractivity (Wildman–Crippen MR) is 84.1 cm³/mol. The van der Waals surface area contributed by atoms with Crippen LogP contribution in [0.3, 0.4) is 0 Å². The lowest BCUT2D eigenvalue weighted by Gasteiger charge is -2.29. The zero-order valence-corrected chi connectivity index (χ0v) is 13.5. The zero-order valence-electron chi connectivity index (χ0n) is 12.7. The molecule has 116 valence electrons. The van der Waals surface area contributed by atoms with Crippen molar-refractivity contribution in [3.8, 4) is 0 Å². The Labute approximate surface area is 129 Å². The Bertz CT molecular complexity index is 826. The van der Waals surface area contributed by atoms with Gasteiger partial charge in [-0.2, -0.15) is 0 Å². The Kier molecular flexibility index (Phi) is 3.32. The molecule has 3 aliphatic rings. The molecular formula is C15H17N3O3S. The molecule has 0 saturated carbocycles. The highest BCUT2D eigenvalue weighted by atomic mass is 32.2. The van der Waals surface area contributed by atoms with Crippen LogP contribution in [0.1, 0.15) is 26.7 Å². The summed E-state index contributed by atoms with van der Waals surface area (Å²) in [6, 6.07) is 0. The standard InChI is InChI=1S/C15H17N3O3S/c1-9-6-12-10(2)14(15(19)17-11-4-5-16-8-11)18(3)22(20,21)13(12)7-9/h5,7-8H,4,6H2,1-3H3,(H,17,19). The van der Waals surface area contributed by atoms with Gasteiger partial charge in [-0.25, -0.2) is 8.42 Å². The predicted octanol–water partition coefficient (Wildman–Crippen LogP) is 1.57. The van der Waals surface area contributed by atoms with Crippen LogP contribution in [0.5, 0.6) is 0 Å². The molecule has 1 amide bonds. The van der Waals surface area contributed by atoms with Gasteiger partial charge in [-0.3, -0.25) is 14.1 Å². The van der Waals surface area contributed by atoms with E-state index in [1.807, 2.05) is 6.92 Å². The molecule has 1 aliphatic carbocycles. The molecule has 0 fully saturated rings. The van der Waals surface area contributed by atoms with Crippen LogP contribution >= 0.6 is 0 Å². The maximum Gasteiger partial charge on any atom is 0.273 e. The minimum absolute atomic E-state index is 0.176. The van der Waals surface area contributed by atoms with Crippen LogP contribution in [-0.4, -0.2) is 31.9 Å². The number of nitrogens with zero attached hydrogens (tertiary/aromatic N) is 2. The number of amides is 1. The molecule has 0 spiro atoms. The van der Waals surface area contributed by atoms with Crippen molar-refractivity contribution in [2.24, 2.45) is 4.99 Å². The summed E-state index contributed by atoms with van der Waals surface area (Å²) < 4.78 is 26.3. The monoisotopic (exact) mass is 319 g/mol. The highest BCUT2D eigenvalue weighted by Crippen LogP contribution is 2.40. The van der Waals surface area contributed by atoms with Crippen molar-refractivity contribution in [3.63, 3.8) is 0 Å². The van der Waals surface area contributed by atoms with Crippen molar-refractivity contribution in [1.29, 1.82) is 0 Å². The molecule has 22 heavy (non-hydrogen) atoms. The Balaban J connectivity index is 2.02. The van der Waals surface area contributed by atoms with E-state index in [2.05, 4.69) is 10.3 Å². The van der Waals surface area contributed by atoms with Crippen molar-refractivity contribution >= 4 is 22.1 Å². The highest BCUT2D eigenvalue weighted by Gasteiger charge is 2.39. The number of carbonyl (C=O) groups is 1. The Morgan fingerprint density at radius 1 is 1.36 bits per heavy atom. The molecule has 0 radical (unpaired) electrons. The first kappa shape index (κ1) is 14.8. The minimum atomic E-state index is -3.67. The van der Waals surface area contributed by atoms with Crippen LogP contribution in [-0.2, 0) is 14.8 Å². The Morgan fingerprint density at radius 3 is 2.73 bits per heavy atom. The fourth-order valence-corrected chi connectivity index (χ4v) is 4.51. The van der Waals surface area contributed by atoms with Crippen LogP contribution in [0.2, 0.25) is 0 Å². The molecule has 3 rings (SSSR count). The van der Waals surface area contributed by atoms with E-state index in [4.69, 9.17) is 0 Å². The van der Waals surface area contributed by atoms with Crippen LogP contribution in [0.4, 0.5) is 0 Å². The van der Waals surface area contributed by atoms with E-state index < -0.39 is 15.9 Å². The second-order valence-electron chi connectivity index (χ2n) is 5.60. The first-order valence-corrected chi connectivity index (χ1v) is 8.39. The van der Waals surface area contributed by atoms with E-state index >= 15 is 0 Å². The van der Waals surface area contributed by atoms with Gasteiger partial charge in [0.15, 0.2) is 0 Å². The molecule has 0 unspecified atom stereocenters. The van der Waals surface area contributed by atoms with E-state index in [1.54, 1.807) is 25.4 Å². The minimum Gasteiger partial charge on any atom is -0.322 e. The second kappa shape index (κ2) is 4.95. The van der Waals surface area contributed by atoms with Crippen LogP contribution < -0.4 is 5.32 Å². The average Bonchev–Trinajstić information content (AvgIpc) is 3.07. The Morgan fingerprint density at radius 2 is 2.09 bits per heavy atom. The molecule has 0 aromatic heterocycles. The topological polar surface area (TPSA) is 78.8 Å². The SMILES string of the molecule is CC1=CC2=C(C1)C(C)=C(C(=O)NC1=CN=CC1)N(C)S2(=O)=O. The molecule has 6 nitrogen and oxygen atoms in total. The zero-order chi connectivity index (χ0) is 16.1. The van der Waals surface area contributed by atoms with E-state index in [1.165, 1.54) is 7.05 Å². The lowest BCUT2D eigenvalue weighted by atomic mass is 10.0. The van der Waals surface area contributed by atoms with Gasteiger partial charge in [0.05, 0.1) is 4.91 Å². The van der Waals surface area contributed by atoms with Gasteiger partial charge >= 0.3 is 0 Å². The molecular weight excluding hydrogens is 302 g/mol. The molecule has 0 atom stereocenters. The summed E-state index contributed by atoms with van der Waals surface area (Å²) in [6.45, 7) is 3.68. The summed E-state index contributed by atoms with van der Waals surface area (Å²) in [7, 11) is -2.25. The van der Waals surface area contributed by atoms with Crippen molar-refractivity contribution < 1.29 is 13.2 Å². The molecule has 2 heterocycles.